The fraction of sp³-hybridized carbons (Fsp3) is 0.375. The van der Waals surface area contributed by atoms with Crippen LogP contribution in [-0.4, -0.2) is 4.57 Å². The van der Waals surface area contributed by atoms with Gasteiger partial charge >= 0.3 is 0 Å². The predicted molar refractivity (Wildman–Crippen MR) is 74.4 cm³/mol. The van der Waals surface area contributed by atoms with Crippen LogP contribution in [0.5, 0.6) is 0 Å². The van der Waals surface area contributed by atoms with Crippen LogP contribution in [0.15, 0.2) is 30.6 Å². The number of halogens is 2. The molecule has 0 bridgehead atoms. The third kappa shape index (κ3) is 2.48. The molecule has 0 radical (unpaired) electrons. The molecule has 0 aliphatic heterocycles. The maximum atomic E-state index is 13.7. The molecule has 1 aliphatic rings. The van der Waals surface area contributed by atoms with Gasteiger partial charge in [-0.25, -0.2) is 8.78 Å². The number of hydrogen-bond acceptors (Lipinski definition) is 1. The van der Waals surface area contributed by atoms with E-state index < -0.39 is 11.6 Å². The lowest BCUT2D eigenvalue weighted by Gasteiger charge is -2.08. The van der Waals surface area contributed by atoms with E-state index in [-0.39, 0.29) is 6.04 Å². The molecule has 0 spiro atoms. The molecule has 1 aromatic heterocycles. The molecule has 1 heterocycles. The first-order valence-electron chi connectivity index (χ1n) is 7.02. The predicted octanol–water partition coefficient (Wildman–Crippen LogP) is 3.54. The summed E-state index contributed by atoms with van der Waals surface area (Å²) in [6.07, 6.45) is 8.29. The second-order valence-electron chi connectivity index (χ2n) is 5.48. The summed E-state index contributed by atoms with van der Waals surface area (Å²) in [5, 5.41) is 0. The number of benzene rings is 1. The summed E-state index contributed by atoms with van der Waals surface area (Å²) in [6.45, 7) is 0.337. The monoisotopic (exact) mass is 276 g/mol. The minimum atomic E-state index is -0.798. The van der Waals surface area contributed by atoms with E-state index in [9.17, 15) is 8.78 Å². The molecule has 1 atom stereocenters. The van der Waals surface area contributed by atoms with Crippen LogP contribution in [0.1, 0.15) is 42.0 Å². The summed E-state index contributed by atoms with van der Waals surface area (Å²) in [6, 6.07) is 4.35. The number of aromatic nitrogens is 1. The zero-order valence-electron chi connectivity index (χ0n) is 11.3. The normalized spacial score (nSPS) is 18.6. The van der Waals surface area contributed by atoms with Gasteiger partial charge in [-0.1, -0.05) is 18.6 Å². The van der Waals surface area contributed by atoms with Crippen molar-refractivity contribution in [3.8, 4) is 0 Å². The molecule has 2 N–H and O–H groups in total. The molecule has 2 nitrogen and oxygen atoms in total. The maximum Gasteiger partial charge on any atom is 0.163 e. The maximum absolute atomic E-state index is 13.7. The number of hydrogen-bond donors (Lipinski definition) is 1. The smallest absolute Gasteiger partial charge is 0.163 e. The molecule has 1 unspecified atom stereocenters. The third-order valence-electron chi connectivity index (χ3n) is 3.99. The van der Waals surface area contributed by atoms with Gasteiger partial charge in [0, 0.05) is 24.0 Å². The van der Waals surface area contributed by atoms with Crippen molar-refractivity contribution in [2.45, 2.75) is 38.3 Å². The highest BCUT2D eigenvalue weighted by atomic mass is 19.2. The number of nitrogens with two attached hydrogens (primary N) is 1. The van der Waals surface area contributed by atoms with Crippen LogP contribution in [0.4, 0.5) is 8.78 Å². The highest BCUT2D eigenvalue weighted by Crippen LogP contribution is 2.28. The molecule has 0 saturated heterocycles. The second-order valence-corrected chi connectivity index (χ2v) is 5.48. The fourth-order valence-electron chi connectivity index (χ4n) is 2.91. The summed E-state index contributed by atoms with van der Waals surface area (Å²) in [7, 11) is 0. The number of aryl methyl sites for hydroxylation is 1. The zero-order chi connectivity index (χ0) is 14.1. The van der Waals surface area contributed by atoms with Crippen LogP contribution in [0.25, 0.3) is 0 Å². The van der Waals surface area contributed by atoms with Gasteiger partial charge in [-0.2, -0.15) is 0 Å². The Kier molecular flexibility index (Phi) is 3.57. The van der Waals surface area contributed by atoms with E-state index in [1.54, 1.807) is 6.07 Å². The molecule has 20 heavy (non-hydrogen) atoms. The SMILES string of the molecule is NC1CCCCc2cn(Cc3cccc(F)c3F)cc21. The van der Waals surface area contributed by atoms with Crippen molar-refractivity contribution in [2.75, 3.05) is 0 Å². The van der Waals surface area contributed by atoms with Crippen LogP contribution >= 0.6 is 0 Å². The first-order valence-corrected chi connectivity index (χ1v) is 7.02. The first kappa shape index (κ1) is 13.3. The average Bonchev–Trinajstić information content (AvgIpc) is 2.75. The fourth-order valence-corrected chi connectivity index (χ4v) is 2.91. The van der Waals surface area contributed by atoms with E-state index in [1.807, 2.05) is 17.0 Å². The Bertz CT molecular complexity index is 619. The first-order chi connectivity index (χ1) is 9.65. The van der Waals surface area contributed by atoms with Gasteiger partial charge < -0.3 is 10.3 Å². The molecule has 0 fully saturated rings. The van der Waals surface area contributed by atoms with E-state index in [0.717, 1.165) is 37.3 Å². The molecular formula is C16H18F2N2. The van der Waals surface area contributed by atoms with Gasteiger partial charge in [0.1, 0.15) is 0 Å². The molecule has 1 aliphatic carbocycles. The third-order valence-corrected chi connectivity index (χ3v) is 3.99. The Morgan fingerprint density at radius 1 is 1.20 bits per heavy atom. The summed E-state index contributed by atoms with van der Waals surface area (Å²) < 4.78 is 28.8. The van der Waals surface area contributed by atoms with Gasteiger partial charge in [0.15, 0.2) is 11.6 Å². The number of fused-ring (bicyclic) bond motifs is 1. The topological polar surface area (TPSA) is 30.9 Å². The lowest BCUT2D eigenvalue weighted by molar-refractivity contribution is 0.495. The van der Waals surface area contributed by atoms with Gasteiger partial charge in [0.05, 0.1) is 6.54 Å². The van der Waals surface area contributed by atoms with Gasteiger partial charge in [-0.3, -0.25) is 0 Å². The van der Waals surface area contributed by atoms with Gasteiger partial charge in [0.2, 0.25) is 0 Å². The van der Waals surface area contributed by atoms with Crippen molar-refractivity contribution in [3.05, 3.63) is 58.9 Å². The lowest BCUT2D eigenvalue weighted by atomic mass is 10.1. The molecule has 0 saturated carbocycles. The van der Waals surface area contributed by atoms with Crippen LogP contribution in [0, 0.1) is 11.6 Å². The van der Waals surface area contributed by atoms with Crippen LogP contribution < -0.4 is 5.73 Å². The minimum Gasteiger partial charge on any atom is -0.349 e. The summed E-state index contributed by atoms with van der Waals surface area (Å²) in [5.41, 5.74) is 8.92. The van der Waals surface area contributed by atoms with E-state index in [4.69, 9.17) is 5.73 Å². The Balaban J connectivity index is 1.89. The van der Waals surface area contributed by atoms with Crippen molar-refractivity contribution < 1.29 is 8.78 Å². The molecule has 1 aromatic carbocycles. The second kappa shape index (κ2) is 5.37. The van der Waals surface area contributed by atoms with Crippen molar-refractivity contribution in [1.29, 1.82) is 0 Å². The van der Waals surface area contributed by atoms with Gasteiger partial charge in [0.25, 0.3) is 0 Å². The molecular weight excluding hydrogens is 258 g/mol. The van der Waals surface area contributed by atoms with Crippen molar-refractivity contribution in [1.82, 2.24) is 4.57 Å². The average molecular weight is 276 g/mol. The molecule has 3 rings (SSSR count). The van der Waals surface area contributed by atoms with Crippen LogP contribution in [0.3, 0.4) is 0 Å². The molecule has 2 aromatic rings. The van der Waals surface area contributed by atoms with Crippen LogP contribution in [-0.2, 0) is 13.0 Å². The Morgan fingerprint density at radius 2 is 2.05 bits per heavy atom. The molecule has 106 valence electrons. The number of nitrogens with zero attached hydrogens (tertiary/aromatic N) is 1. The summed E-state index contributed by atoms with van der Waals surface area (Å²) in [5.74, 6) is -1.56. The largest absolute Gasteiger partial charge is 0.349 e. The highest BCUT2D eigenvalue weighted by molar-refractivity contribution is 5.30. The van der Waals surface area contributed by atoms with Crippen molar-refractivity contribution in [2.24, 2.45) is 5.73 Å². The summed E-state index contributed by atoms with van der Waals surface area (Å²) >= 11 is 0. The summed E-state index contributed by atoms with van der Waals surface area (Å²) in [4.78, 5) is 0. The Hall–Kier alpha value is -1.68. The zero-order valence-corrected chi connectivity index (χ0v) is 11.3. The molecule has 0 amide bonds. The Morgan fingerprint density at radius 3 is 2.90 bits per heavy atom. The number of rotatable bonds is 2. The quantitative estimate of drug-likeness (QED) is 0.836. The van der Waals surface area contributed by atoms with E-state index in [1.165, 1.54) is 11.6 Å². The molecule has 4 heteroatoms. The van der Waals surface area contributed by atoms with Crippen molar-refractivity contribution >= 4 is 0 Å². The lowest BCUT2D eigenvalue weighted by Crippen LogP contribution is -2.09. The van der Waals surface area contributed by atoms with Gasteiger partial charge in [-0.05, 0) is 36.5 Å². The van der Waals surface area contributed by atoms with Crippen LogP contribution in [0.2, 0.25) is 0 Å². The minimum absolute atomic E-state index is 0.0612. The van der Waals surface area contributed by atoms with E-state index >= 15 is 0 Å². The van der Waals surface area contributed by atoms with Gasteiger partial charge in [-0.15, -0.1) is 0 Å². The highest BCUT2D eigenvalue weighted by Gasteiger charge is 2.18. The van der Waals surface area contributed by atoms with E-state index in [0.29, 0.717) is 12.1 Å². The Labute approximate surface area is 117 Å². The standard InChI is InChI=1S/C16H18F2N2/c17-14-6-3-5-12(16(14)18)9-20-8-11-4-1-2-7-15(19)13(11)10-20/h3,5-6,8,10,15H,1-2,4,7,9,19H2. The van der Waals surface area contributed by atoms with Crippen molar-refractivity contribution in [3.63, 3.8) is 0 Å². The van der Waals surface area contributed by atoms with E-state index in [2.05, 4.69) is 0 Å².